The lowest BCUT2D eigenvalue weighted by Crippen LogP contribution is -2.41. The van der Waals surface area contributed by atoms with E-state index in [1.54, 1.807) is 30.3 Å². The summed E-state index contributed by atoms with van der Waals surface area (Å²) >= 11 is 6.16. The molecule has 0 bridgehead atoms. The molecule has 33 heavy (non-hydrogen) atoms. The highest BCUT2D eigenvalue weighted by Crippen LogP contribution is 2.28. The molecule has 0 spiro atoms. The molecule has 1 amide bonds. The zero-order valence-electron chi connectivity index (χ0n) is 18.6. The smallest absolute Gasteiger partial charge is 0.247 e. The number of nitrogens with zero attached hydrogens (tertiary/aromatic N) is 1. The average Bonchev–Trinajstić information content (AvgIpc) is 2.81. The first kappa shape index (κ1) is 24.8. The standard InChI is InChI=1S/C25H27ClN2O4S/c1-19-12-13-23(32-2)24(16-19)33(30,31)28(15-14-20-8-4-3-5-9-20)18-25(29)27-17-21-10-6-7-11-22(21)26/h3-13,16H,14-15,17-18H2,1-2H3,(H,27,29). The monoisotopic (exact) mass is 486 g/mol. The van der Waals surface area contributed by atoms with Gasteiger partial charge in [-0.25, -0.2) is 8.42 Å². The summed E-state index contributed by atoms with van der Waals surface area (Å²) in [6.07, 6.45) is 0.464. The largest absolute Gasteiger partial charge is 0.495 e. The zero-order chi connectivity index (χ0) is 23.8. The fourth-order valence-electron chi connectivity index (χ4n) is 3.36. The summed E-state index contributed by atoms with van der Waals surface area (Å²) in [5, 5.41) is 3.31. The second kappa shape index (κ2) is 11.3. The first-order valence-electron chi connectivity index (χ1n) is 10.5. The van der Waals surface area contributed by atoms with E-state index in [9.17, 15) is 13.2 Å². The Morgan fingerprint density at radius 3 is 2.42 bits per heavy atom. The van der Waals surface area contributed by atoms with Gasteiger partial charge in [-0.2, -0.15) is 4.31 Å². The molecule has 1 N–H and O–H groups in total. The molecule has 0 aromatic heterocycles. The molecule has 0 radical (unpaired) electrons. The number of nitrogens with one attached hydrogen (secondary N) is 1. The first-order chi connectivity index (χ1) is 15.8. The van der Waals surface area contributed by atoms with Crippen LogP contribution in [0.25, 0.3) is 0 Å². The second-order valence-electron chi connectivity index (χ2n) is 7.60. The van der Waals surface area contributed by atoms with Crippen molar-refractivity contribution >= 4 is 27.5 Å². The molecule has 6 nitrogen and oxygen atoms in total. The highest BCUT2D eigenvalue weighted by atomic mass is 35.5. The summed E-state index contributed by atoms with van der Waals surface area (Å²) < 4.78 is 33.7. The van der Waals surface area contributed by atoms with Crippen LogP contribution in [0.3, 0.4) is 0 Å². The highest BCUT2D eigenvalue weighted by Gasteiger charge is 2.29. The SMILES string of the molecule is COc1ccc(C)cc1S(=O)(=O)N(CCc1ccccc1)CC(=O)NCc1ccccc1Cl. The van der Waals surface area contributed by atoms with Gasteiger partial charge in [-0.05, 0) is 48.2 Å². The number of amides is 1. The number of carbonyl (C=O) groups excluding carboxylic acids is 1. The quantitative estimate of drug-likeness (QED) is 0.466. The van der Waals surface area contributed by atoms with Crippen LogP contribution in [0.15, 0.2) is 77.7 Å². The topological polar surface area (TPSA) is 75.7 Å². The van der Waals surface area contributed by atoms with Gasteiger partial charge in [0, 0.05) is 18.1 Å². The van der Waals surface area contributed by atoms with E-state index in [2.05, 4.69) is 5.32 Å². The van der Waals surface area contributed by atoms with Crippen LogP contribution in [-0.4, -0.2) is 38.8 Å². The normalized spacial score (nSPS) is 11.4. The summed E-state index contributed by atoms with van der Waals surface area (Å²) in [7, 11) is -2.58. The van der Waals surface area contributed by atoms with E-state index in [1.807, 2.05) is 49.4 Å². The molecule has 0 aliphatic rings. The van der Waals surface area contributed by atoms with Crippen molar-refractivity contribution in [3.63, 3.8) is 0 Å². The van der Waals surface area contributed by atoms with Gasteiger partial charge in [0.2, 0.25) is 15.9 Å². The van der Waals surface area contributed by atoms with Gasteiger partial charge in [0.25, 0.3) is 0 Å². The van der Waals surface area contributed by atoms with Gasteiger partial charge in [0.05, 0.1) is 13.7 Å². The van der Waals surface area contributed by atoms with Gasteiger partial charge in [-0.15, -0.1) is 0 Å². The molecule has 0 atom stereocenters. The molecule has 3 rings (SSSR count). The fourth-order valence-corrected chi connectivity index (χ4v) is 5.20. The lowest BCUT2D eigenvalue weighted by atomic mass is 10.1. The van der Waals surface area contributed by atoms with Gasteiger partial charge >= 0.3 is 0 Å². The molecular formula is C25H27ClN2O4S. The maximum atomic E-state index is 13.6. The number of aryl methyl sites for hydroxylation is 1. The Hall–Kier alpha value is -2.87. The van der Waals surface area contributed by atoms with Gasteiger partial charge in [0.1, 0.15) is 10.6 Å². The Balaban J connectivity index is 1.83. The number of halogens is 1. The average molecular weight is 487 g/mol. The number of rotatable bonds is 10. The molecule has 0 saturated carbocycles. The zero-order valence-corrected chi connectivity index (χ0v) is 20.2. The van der Waals surface area contributed by atoms with Crippen LogP contribution in [0.1, 0.15) is 16.7 Å². The second-order valence-corrected chi connectivity index (χ2v) is 9.91. The van der Waals surface area contributed by atoms with Crippen molar-refractivity contribution in [1.29, 1.82) is 0 Å². The Labute approximate surface area is 200 Å². The molecule has 0 fully saturated rings. The fraction of sp³-hybridized carbons (Fsp3) is 0.240. The molecule has 0 saturated heterocycles. The van der Waals surface area contributed by atoms with E-state index in [0.717, 1.165) is 16.7 Å². The molecule has 0 heterocycles. The molecule has 174 valence electrons. The molecule has 3 aromatic rings. The summed E-state index contributed by atoms with van der Waals surface area (Å²) in [5.74, 6) is -0.181. The number of hydrogen-bond acceptors (Lipinski definition) is 4. The maximum Gasteiger partial charge on any atom is 0.247 e. The highest BCUT2D eigenvalue weighted by molar-refractivity contribution is 7.89. The number of ether oxygens (including phenoxy) is 1. The van der Waals surface area contributed by atoms with Crippen LogP contribution in [0.4, 0.5) is 0 Å². The van der Waals surface area contributed by atoms with E-state index in [-0.39, 0.29) is 30.3 Å². The van der Waals surface area contributed by atoms with Crippen molar-refractivity contribution in [2.24, 2.45) is 0 Å². The van der Waals surface area contributed by atoms with Gasteiger partial charge < -0.3 is 10.1 Å². The van der Waals surface area contributed by atoms with Crippen LogP contribution < -0.4 is 10.1 Å². The minimum atomic E-state index is -4.00. The Kier molecular flexibility index (Phi) is 8.49. The van der Waals surface area contributed by atoms with Crippen molar-refractivity contribution in [2.75, 3.05) is 20.2 Å². The van der Waals surface area contributed by atoms with Crippen LogP contribution in [0.2, 0.25) is 5.02 Å². The van der Waals surface area contributed by atoms with E-state index in [1.165, 1.54) is 11.4 Å². The van der Waals surface area contributed by atoms with E-state index < -0.39 is 15.9 Å². The number of benzene rings is 3. The van der Waals surface area contributed by atoms with Gasteiger partial charge in [-0.3, -0.25) is 4.79 Å². The summed E-state index contributed by atoms with van der Waals surface area (Å²) in [6.45, 7) is 1.83. The minimum absolute atomic E-state index is 0.0389. The maximum absolute atomic E-state index is 13.6. The third-order valence-corrected chi connectivity index (χ3v) is 7.42. The van der Waals surface area contributed by atoms with E-state index in [0.29, 0.717) is 11.4 Å². The van der Waals surface area contributed by atoms with Crippen LogP contribution >= 0.6 is 11.6 Å². The van der Waals surface area contributed by atoms with Crippen LogP contribution in [0, 0.1) is 6.92 Å². The van der Waals surface area contributed by atoms with Gasteiger partial charge in [0.15, 0.2) is 0 Å². The third-order valence-electron chi connectivity index (χ3n) is 5.18. The number of carbonyl (C=O) groups is 1. The Bertz CT molecular complexity index is 1200. The molecule has 8 heteroatoms. The lowest BCUT2D eigenvalue weighted by Gasteiger charge is -2.23. The third kappa shape index (κ3) is 6.57. The Morgan fingerprint density at radius 2 is 1.73 bits per heavy atom. The molecule has 0 unspecified atom stereocenters. The predicted molar refractivity (Wildman–Crippen MR) is 130 cm³/mol. The van der Waals surface area contributed by atoms with Crippen molar-refractivity contribution in [3.8, 4) is 5.75 Å². The number of hydrogen-bond donors (Lipinski definition) is 1. The molecule has 3 aromatic carbocycles. The summed E-state index contributed by atoms with van der Waals surface area (Å²) in [6, 6.07) is 21.7. The first-order valence-corrected chi connectivity index (χ1v) is 12.3. The van der Waals surface area contributed by atoms with Crippen molar-refractivity contribution in [1.82, 2.24) is 9.62 Å². The number of sulfonamides is 1. The molecular weight excluding hydrogens is 460 g/mol. The van der Waals surface area contributed by atoms with Gasteiger partial charge in [-0.1, -0.05) is 66.2 Å². The van der Waals surface area contributed by atoms with Crippen LogP contribution in [0.5, 0.6) is 5.75 Å². The summed E-state index contributed by atoms with van der Waals surface area (Å²) in [5.41, 5.74) is 2.51. The van der Waals surface area contributed by atoms with Crippen molar-refractivity contribution < 1.29 is 17.9 Å². The van der Waals surface area contributed by atoms with E-state index >= 15 is 0 Å². The Morgan fingerprint density at radius 1 is 1.03 bits per heavy atom. The lowest BCUT2D eigenvalue weighted by molar-refractivity contribution is -0.121. The van der Waals surface area contributed by atoms with Crippen molar-refractivity contribution in [3.05, 3.63) is 94.5 Å². The minimum Gasteiger partial charge on any atom is -0.495 e. The molecule has 0 aliphatic heterocycles. The number of methoxy groups -OCH3 is 1. The predicted octanol–water partition coefficient (Wildman–Crippen LogP) is 4.21. The van der Waals surface area contributed by atoms with E-state index in [4.69, 9.17) is 16.3 Å². The molecule has 0 aliphatic carbocycles. The van der Waals surface area contributed by atoms with Crippen molar-refractivity contribution in [2.45, 2.75) is 24.8 Å². The van der Waals surface area contributed by atoms with Crippen LogP contribution in [-0.2, 0) is 27.8 Å². The summed E-state index contributed by atoms with van der Waals surface area (Å²) in [4.78, 5) is 12.8.